The third kappa shape index (κ3) is 6.17. The van der Waals surface area contributed by atoms with Gasteiger partial charge >= 0.3 is 6.36 Å². The Bertz CT molecular complexity index is 1100. The fourth-order valence-corrected chi connectivity index (χ4v) is 4.13. The van der Waals surface area contributed by atoms with E-state index >= 15 is 0 Å². The van der Waals surface area contributed by atoms with Crippen LogP contribution >= 0.6 is 0 Å². The molecule has 2 aromatic rings. The van der Waals surface area contributed by atoms with E-state index in [9.17, 15) is 21.6 Å². The number of rotatable bonds is 7. The Morgan fingerprint density at radius 2 is 1.97 bits per heavy atom. The van der Waals surface area contributed by atoms with Crippen molar-refractivity contribution in [1.29, 1.82) is 5.26 Å². The number of alkyl halides is 3. The van der Waals surface area contributed by atoms with Gasteiger partial charge in [-0.25, -0.2) is 8.42 Å². The average Bonchev–Trinajstić information content (AvgIpc) is 2.73. The molecule has 0 saturated carbocycles. The number of nitrogens with one attached hydrogen (secondary N) is 1. The van der Waals surface area contributed by atoms with Crippen molar-refractivity contribution in [3.8, 4) is 11.8 Å². The molecule has 3 rings (SSSR count). The molecule has 0 spiro atoms. The maximum absolute atomic E-state index is 12.7. The fourth-order valence-electron chi connectivity index (χ4n) is 2.75. The third-order valence-electron chi connectivity index (χ3n) is 4.24. The van der Waals surface area contributed by atoms with Gasteiger partial charge < -0.3 is 4.74 Å². The number of aromatic nitrogens is 1. The quantitative estimate of drug-likeness (QED) is 0.642. The molecule has 0 radical (unpaired) electrons. The summed E-state index contributed by atoms with van der Waals surface area (Å²) >= 11 is 0. The first-order valence-corrected chi connectivity index (χ1v) is 10.4. The zero-order valence-corrected chi connectivity index (χ0v) is 16.8. The maximum atomic E-state index is 12.7. The number of benzene rings is 1. The van der Waals surface area contributed by atoms with E-state index in [0.717, 1.165) is 24.3 Å². The van der Waals surface area contributed by atoms with Gasteiger partial charge in [0.2, 0.25) is 10.0 Å². The maximum Gasteiger partial charge on any atom is 0.573 e. The Morgan fingerprint density at radius 1 is 1.23 bits per heavy atom. The zero-order valence-electron chi connectivity index (χ0n) is 16.0. The summed E-state index contributed by atoms with van der Waals surface area (Å²) in [5.74, 6) is -0.497. The number of hydrogen-bond donors (Lipinski definition) is 1. The highest BCUT2D eigenvalue weighted by Crippen LogP contribution is 2.26. The predicted molar refractivity (Wildman–Crippen MR) is 101 cm³/mol. The molecule has 0 amide bonds. The van der Waals surface area contributed by atoms with Crippen LogP contribution in [0.3, 0.4) is 0 Å². The van der Waals surface area contributed by atoms with Crippen molar-refractivity contribution in [3.05, 3.63) is 65.6 Å². The molecule has 0 aliphatic carbocycles. The molecular weight excluding hydrogens is 437 g/mol. The second-order valence-electron chi connectivity index (χ2n) is 6.40. The lowest BCUT2D eigenvalue weighted by atomic mass is 10.2. The Labute approximate surface area is 176 Å². The van der Waals surface area contributed by atoms with E-state index in [-0.39, 0.29) is 24.6 Å². The second kappa shape index (κ2) is 9.34. The SMILES string of the molecule is N#Cc1ccnc(CONC2=CCN(S(=O)(=O)c3ccc(OC(F)(F)F)cc3)CC2)c1. The fraction of sp³-hybridized carbons (Fsp3) is 0.263. The van der Waals surface area contributed by atoms with Crippen LogP contribution in [0.4, 0.5) is 13.2 Å². The molecule has 0 atom stereocenters. The van der Waals surface area contributed by atoms with Crippen molar-refractivity contribution < 1.29 is 31.2 Å². The monoisotopic (exact) mass is 454 g/mol. The number of halogens is 3. The zero-order chi connectivity index (χ0) is 22.5. The summed E-state index contributed by atoms with van der Waals surface area (Å²) in [6.45, 7) is 0.339. The van der Waals surface area contributed by atoms with Crippen LogP contribution in [-0.2, 0) is 21.5 Å². The van der Waals surface area contributed by atoms with Crippen molar-refractivity contribution in [2.24, 2.45) is 0 Å². The largest absolute Gasteiger partial charge is 0.573 e. The summed E-state index contributed by atoms with van der Waals surface area (Å²) in [4.78, 5) is 9.30. The van der Waals surface area contributed by atoms with Crippen LogP contribution in [0.5, 0.6) is 5.75 Å². The molecule has 1 aromatic carbocycles. The Hall–Kier alpha value is -3.14. The van der Waals surface area contributed by atoms with Crippen LogP contribution in [0.1, 0.15) is 17.7 Å². The first kappa shape index (κ1) is 22.5. The Balaban J connectivity index is 1.55. The summed E-state index contributed by atoms with van der Waals surface area (Å²) in [6, 6.07) is 9.22. The van der Waals surface area contributed by atoms with Gasteiger partial charge in [0.25, 0.3) is 0 Å². The van der Waals surface area contributed by atoms with Gasteiger partial charge in [-0.3, -0.25) is 15.3 Å². The minimum absolute atomic E-state index is 0.0665. The minimum Gasteiger partial charge on any atom is -0.406 e. The molecule has 0 unspecified atom stereocenters. The third-order valence-corrected chi connectivity index (χ3v) is 6.12. The number of nitriles is 1. The van der Waals surface area contributed by atoms with Crippen LogP contribution in [0.2, 0.25) is 0 Å². The first-order valence-electron chi connectivity index (χ1n) is 8.95. The molecule has 1 N–H and O–H groups in total. The van der Waals surface area contributed by atoms with Crippen LogP contribution in [-0.4, -0.2) is 37.2 Å². The summed E-state index contributed by atoms with van der Waals surface area (Å²) < 4.78 is 67.1. The van der Waals surface area contributed by atoms with Crippen molar-refractivity contribution >= 4 is 10.0 Å². The van der Waals surface area contributed by atoms with E-state index in [0.29, 0.717) is 23.4 Å². The molecule has 31 heavy (non-hydrogen) atoms. The van der Waals surface area contributed by atoms with E-state index in [2.05, 4.69) is 15.2 Å². The van der Waals surface area contributed by atoms with Gasteiger partial charge in [0.15, 0.2) is 0 Å². The molecule has 1 aliphatic heterocycles. The second-order valence-corrected chi connectivity index (χ2v) is 8.34. The number of ether oxygens (including phenoxy) is 1. The Kier molecular flexibility index (Phi) is 6.79. The summed E-state index contributed by atoms with van der Waals surface area (Å²) in [5, 5.41) is 8.87. The lowest BCUT2D eigenvalue weighted by molar-refractivity contribution is -0.274. The first-order chi connectivity index (χ1) is 14.7. The van der Waals surface area contributed by atoms with Gasteiger partial charge in [-0.15, -0.1) is 13.2 Å². The van der Waals surface area contributed by atoms with Gasteiger partial charge in [-0.1, -0.05) is 0 Å². The van der Waals surface area contributed by atoms with E-state index in [1.165, 1.54) is 10.5 Å². The van der Waals surface area contributed by atoms with Gasteiger partial charge in [0, 0.05) is 31.4 Å². The van der Waals surface area contributed by atoms with Gasteiger partial charge in [0.1, 0.15) is 12.4 Å². The molecule has 1 aliphatic rings. The van der Waals surface area contributed by atoms with Crippen molar-refractivity contribution in [1.82, 2.24) is 14.8 Å². The number of hydroxylamine groups is 1. The number of sulfonamides is 1. The molecule has 2 heterocycles. The van der Waals surface area contributed by atoms with Gasteiger partial charge in [-0.05, 0) is 42.5 Å². The lowest BCUT2D eigenvalue weighted by Crippen LogP contribution is -2.36. The topological polar surface area (TPSA) is 105 Å². The average molecular weight is 454 g/mol. The summed E-state index contributed by atoms with van der Waals surface area (Å²) in [5.41, 5.74) is 4.44. The molecule has 1 aromatic heterocycles. The smallest absolute Gasteiger partial charge is 0.406 e. The lowest BCUT2D eigenvalue weighted by Gasteiger charge is -2.26. The molecule has 164 valence electrons. The highest BCUT2D eigenvalue weighted by Gasteiger charge is 2.31. The van der Waals surface area contributed by atoms with Crippen LogP contribution in [0.15, 0.2) is 59.3 Å². The number of nitrogens with zero attached hydrogens (tertiary/aromatic N) is 3. The van der Waals surface area contributed by atoms with E-state index in [1.807, 2.05) is 6.07 Å². The number of hydrogen-bond acceptors (Lipinski definition) is 7. The standard InChI is InChI=1S/C19H17F3N4O4S/c20-19(21,22)30-17-1-3-18(4-2-17)31(27,28)26-9-6-15(7-10-26)25-29-13-16-11-14(12-23)5-8-24-16/h1-6,8,11,25H,7,9-10,13H2. The van der Waals surface area contributed by atoms with E-state index in [4.69, 9.17) is 10.1 Å². The number of pyridine rings is 1. The van der Waals surface area contributed by atoms with E-state index < -0.39 is 22.1 Å². The normalized spacial score (nSPS) is 15.1. The molecule has 12 heteroatoms. The summed E-state index contributed by atoms with van der Waals surface area (Å²) in [6.07, 6.45) is -1.36. The highest BCUT2D eigenvalue weighted by molar-refractivity contribution is 7.89. The van der Waals surface area contributed by atoms with Crippen molar-refractivity contribution in [3.63, 3.8) is 0 Å². The van der Waals surface area contributed by atoms with Crippen molar-refractivity contribution in [2.75, 3.05) is 13.1 Å². The Morgan fingerprint density at radius 3 is 2.58 bits per heavy atom. The van der Waals surface area contributed by atoms with E-state index in [1.54, 1.807) is 18.2 Å². The highest BCUT2D eigenvalue weighted by atomic mass is 32.2. The van der Waals surface area contributed by atoms with Crippen LogP contribution < -0.4 is 10.2 Å². The summed E-state index contributed by atoms with van der Waals surface area (Å²) in [7, 11) is -3.87. The molecule has 0 bridgehead atoms. The van der Waals surface area contributed by atoms with Crippen LogP contribution in [0, 0.1) is 11.3 Å². The van der Waals surface area contributed by atoms with Crippen molar-refractivity contribution in [2.45, 2.75) is 24.3 Å². The van der Waals surface area contributed by atoms with Gasteiger partial charge in [-0.2, -0.15) is 9.57 Å². The molecule has 0 saturated heterocycles. The molecule has 0 fully saturated rings. The predicted octanol–water partition coefficient (Wildman–Crippen LogP) is 2.85. The minimum atomic E-state index is -4.85. The van der Waals surface area contributed by atoms with Crippen LogP contribution in [0.25, 0.3) is 0 Å². The van der Waals surface area contributed by atoms with Gasteiger partial charge in [0.05, 0.1) is 22.2 Å². The molecule has 8 nitrogen and oxygen atoms in total. The molecular formula is C19H17F3N4O4S.